The molecule has 0 heterocycles. The van der Waals surface area contributed by atoms with Crippen molar-refractivity contribution in [2.45, 2.75) is 19.6 Å². The molecule has 0 fully saturated rings. The van der Waals surface area contributed by atoms with Crippen molar-refractivity contribution in [3.63, 3.8) is 0 Å². The van der Waals surface area contributed by atoms with Crippen LogP contribution < -0.4 is 19.5 Å². The predicted octanol–water partition coefficient (Wildman–Crippen LogP) is 2.15. The van der Waals surface area contributed by atoms with Crippen LogP contribution in [0.5, 0.6) is 11.5 Å². The zero-order valence-corrected chi connectivity index (χ0v) is 15.7. The Bertz CT molecular complexity index is 850. The zero-order valence-electron chi connectivity index (χ0n) is 14.9. The summed E-state index contributed by atoms with van der Waals surface area (Å²) in [6.07, 6.45) is 0.367. The molecule has 1 amide bonds. The highest BCUT2D eigenvalue weighted by Gasteiger charge is 2.15. The van der Waals surface area contributed by atoms with Crippen molar-refractivity contribution >= 4 is 21.6 Å². The molecule has 0 aliphatic carbocycles. The number of hydrogen-bond donors (Lipinski definition) is 2. The molecule has 2 aromatic rings. The fraction of sp³-hybridized carbons (Fsp3) is 0.278. The van der Waals surface area contributed by atoms with Crippen LogP contribution >= 0.6 is 0 Å². The molecule has 0 saturated carbocycles. The van der Waals surface area contributed by atoms with Gasteiger partial charge in [0.2, 0.25) is 10.0 Å². The summed E-state index contributed by atoms with van der Waals surface area (Å²) in [5.41, 5.74) is 1.09. The molecule has 0 aromatic heterocycles. The number of hydrogen-bond acceptors (Lipinski definition) is 5. The first kappa shape index (κ1) is 19.6. The number of sulfonamides is 1. The smallest absolute Gasteiger partial charge is 0.261 e. The monoisotopic (exact) mass is 378 g/mol. The highest BCUT2D eigenvalue weighted by Crippen LogP contribution is 2.19. The molecule has 0 radical (unpaired) electrons. The van der Waals surface area contributed by atoms with Crippen LogP contribution in [-0.2, 0) is 21.4 Å². The van der Waals surface area contributed by atoms with Crippen molar-refractivity contribution in [1.82, 2.24) is 5.32 Å². The number of ether oxygens (including phenoxy) is 2. The van der Waals surface area contributed by atoms with Gasteiger partial charge in [0.25, 0.3) is 5.91 Å². The number of carbonyl (C=O) groups is 1. The molecule has 0 aliphatic heterocycles. The van der Waals surface area contributed by atoms with Gasteiger partial charge in [0, 0.05) is 6.54 Å². The Morgan fingerprint density at radius 3 is 2.31 bits per heavy atom. The molecule has 2 N–H and O–H groups in total. The summed E-state index contributed by atoms with van der Waals surface area (Å²) < 4.78 is 35.9. The number of methoxy groups -OCH3 is 1. The van der Waals surface area contributed by atoms with Gasteiger partial charge in [-0.15, -0.1) is 0 Å². The SMILES string of the molecule is COc1ccc(OC(C)C(=O)NCc2ccccc2NS(C)(=O)=O)cc1. The lowest BCUT2D eigenvalue weighted by Gasteiger charge is -2.16. The standard InChI is InChI=1S/C18H22N2O5S/c1-13(25-16-10-8-15(24-2)9-11-16)18(21)19-12-14-6-4-5-7-17(14)20-26(3,22)23/h4-11,13,20H,12H2,1-3H3,(H,19,21). The number of carbonyl (C=O) groups excluding carboxylic acids is 1. The molecular formula is C18H22N2O5S. The number of rotatable bonds is 8. The maximum Gasteiger partial charge on any atom is 0.261 e. The minimum atomic E-state index is -3.40. The van der Waals surface area contributed by atoms with Crippen LogP contribution in [0.1, 0.15) is 12.5 Å². The third-order valence-electron chi connectivity index (χ3n) is 3.51. The summed E-state index contributed by atoms with van der Waals surface area (Å²) in [6.45, 7) is 1.81. The van der Waals surface area contributed by atoms with E-state index in [0.29, 0.717) is 22.7 Å². The Hall–Kier alpha value is -2.74. The lowest BCUT2D eigenvalue weighted by Crippen LogP contribution is -2.36. The van der Waals surface area contributed by atoms with E-state index in [1.165, 1.54) is 0 Å². The van der Waals surface area contributed by atoms with Gasteiger partial charge in [-0.25, -0.2) is 8.42 Å². The van der Waals surface area contributed by atoms with Gasteiger partial charge in [-0.2, -0.15) is 0 Å². The normalized spacial score (nSPS) is 12.1. The Morgan fingerprint density at radius 2 is 1.69 bits per heavy atom. The Kier molecular flexibility index (Phi) is 6.46. The molecule has 26 heavy (non-hydrogen) atoms. The minimum Gasteiger partial charge on any atom is -0.497 e. The molecular weight excluding hydrogens is 356 g/mol. The summed E-state index contributed by atoms with van der Waals surface area (Å²) >= 11 is 0. The van der Waals surface area contributed by atoms with Crippen molar-refractivity contribution in [2.24, 2.45) is 0 Å². The minimum absolute atomic E-state index is 0.174. The van der Waals surface area contributed by atoms with Gasteiger partial charge < -0.3 is 14.8 Å². The van der Waals surface area contributed by atoms with E-state index >= 15 is 0 Å². The largest absolute Gasteiger partial charge is 0.497 e. The van der Waals surface area contributed by atoms with Gasteiger partial charge in [-0.1, -0.05) is 18.2 Å². The Labute approximate surface area is 153 Å². The van der Waals surface area contributed by atoms with Gasteiger partial charge in [-0.3, -0.25) is 9.52 Å². The van der Waals surface area contributed by atoms with Gasteiger partial charge in [0.05, 0.1) is 19.1 Å². The van der Waals surface area contributed by atoms with E-state index in [1.807, 2.05) is 0 Å². The van der Waals surface area contributed by atoms with Crippen LogP contribution in [0, 0.1) is 0 Å². The van der Waals surface area contributed by atoms with Crippen molar-refractivity contribution in [1.29, 1.82) is 0 Å². The van der Waals surface area contributed by atoms with Crippen molar-refractivity contribution in [2.75, 3.05) is 18.1 Å². The van der Waals surface area contributed by atoms with E-state index < -0.39 is 16.1 Å². The molecule has 0 spiro atoms. The van der Waals surface area contributed by atoms with Crippen molar-refractivity contribution in [3.05, 3.63) is 54.1 Å². The Morgan fingerprint density at radius 1 is 1.08 bits per heavy atom. The molecule has 1 atom stereocenters. The summed E-state index contributed by atoms with van der Waals surface area (Å²) in [6, 6.07) is 13.8. The third kappa shape index (κ3) is 5.96. The molecule has 0 aliphatic rings. The average Bonchev–Trinajstić information content (AvgIpc) is 2.60. The second-order valence-corrected chi connectivity index (χ2v) is 7.43. The molecule has 0 saturated heterocycles. The lowest BCUT2D eigenvalue weighted by molar-refractivity contribution is -0.127. The number of nitrogens with one attached hydrogen (secondary N) is 2. The van der Waals surface area contributed by atoms with Crippen LogP contribution in [0.4, 0.5) is 5.69 Å². The van der Waals surface area contributed by atoms with Crippen LogP contribution in [-0.4, -0.2) is 33.8 Å². The number of anilines is 1. The fourth-order valence-electron chi connectivity index (χ4n) is 2.21. The molecule has 2 aromatic carbocycles. The van der Waals surface area contributed by atoms with E-state index in [1.54, 1.807) is 62.6 Å². The van der Waals surface area contributed by atoms with Gasteiger partial charge in [0.1, 0.15) is 11.5 Å². The van der Waals surface area contributed by atoms with Gasteiger partial charge in [0.15, 0.2) is 6.10 Å². The van der Waals surface area contributed by atoms with E-state index in [-0.39, 0.29) is 12.5 Å². The molecule has 2 rings (SSSR count). The second kappa shape index (κ2) is 8.57. The maximum absolute atomic E-state index is 12.2. The van der Waals surface area contributed by atoms with Crippen LogP contribution in [0.3, 0.4) is 0 Å². The summed E-state index contributed by atoms with van der Waals surface area (Å²) in [4.78, 5) is 12.2. The quantitative estimate of drug-likeness (QED) is 0.734. The molecule has 0 bridgehead atoms. The van der Waals surface area contributed by atoms with Crippen LogP contribution in [0.25, 0.3) is 0 Å². The number of para-hydroxylation sites is 1. The summed E-state index contributed by atoms with van der Waals surface area (Å²) in [5, 5.41) is 2.74. The Balaban J connectivity index is 1.95. The highest BCUT2D eigenvalue weighted by molar-refractivity contribution is 7.92. The molecule has 7 nitrogen and oxygen atoms in total. The van der Waals surface area contributed by atoms with E-state index in [4.69, 9.17) is 9.47 Å². The molecule has 1 unspecified atom stereocenters. The number of amides is 1. The van der Waals surface area contributed by atoms with E-state index in [2.05, 4.69) is 10.0 Å². The lowest BCUT2D eigenvalue weighted by atomic mass is 10.2. The van der Waals surface area contributed by atoms with Gasteiger partial charge >= 0.3 is 0 Å². The number of benzene rings is 2. The van der Waals surface area contributed by atoms with Crippen molar-refractivity contribution < 1.29 is 22.7 Å². The van der Waals surface area contributed by atoms with E-state index in [9.17, 15) is 13.2 Å². The topological polar surface area (TPSA) is 93.7 Å². The second-order valence-electron chi connectivity index (χ2n) is 5.68. The maximum atomic E-state index is 12.2. The van der Waals surface area contributed by atoms with Crippen LogP contribution in [0.2, 0.25) is 0 Å². The first-order valence-corrected chi connectivity index (χ1v) is 9.82. The average molecular weight is 378 g/mol. The first-order chi connectivity index (χ1) is 12.3. The van der Waals surface area contributed by atoms with Gasteiger partial charge in [-0.05, 0) is 42.8 Å². The summed E-state index contributed by atoms with van der Waals surface area (Å²) in [7, 11) is -1.83. The summed E-state index contributed by atoms with van der Waals surface area (Å²) in [5.74, 6) is 0.937. The predicted molar refractivity (Wildman–Crippen MR) is 99.8 cm³/mol. The first-order valence-electron chi connectivity index (χ1n) is 7.92. The van der Waals surface area contributed by atoms with Crippen molar-refractivity contribution in [3.8, 4) is 11.5 Å². The fourth-order valence-corrected chi connectivity index (χ4v) is 2.81. The molecule has 140 valence electrons. The zero-order chi connectivity index (χ0) is 19.2. The van der Waals surface area contributed by atoms with E-state index in [0.717, 1.165) is 6.26 Å². The van der Waals surface area contributed by atoms with Crippen LogP contribution in [0.15, 0.2) is 48.5 Å². The third-order valence-corrected chi connectivity index (χ3v) is 4.10. The molecule has 8 heteroatoms. The highest BCUT2D eigenvalue weighted by atomic mass is 32.2.